The molecule has 1 saturated heterocycles. The summed E-state index contributed by atoms with van der Waals surface area (Å²) in [6.07, 6.45) is 3.23. The first-order valence-electron chi connectivity index (χ1n) is 7.02. The Labute approximate surface area is 118 Å². The number of thioether (sulfide) groups is 1. The van der Waals surface area contributed by atoms with Crippen molar-refractivity contribution in [3.63, 3.8) is 0 Å². The molecule has 0 aromatic carbocycles. The van der Waals surface area contributed by atoms with E-state index in [1.165, 1.54) is 0 Å². The Bertz CT molecular complexity index is 370. The molecule has 2 unspecified atom stereocenters. The average Bonchev–Trinajstić information content (AvgIpc) is 2.68. The van der Waals surface area contributed by atoms with Crippen molar-refractivity contribution in [3.8, 4) is 0 Å². The molecular weight excluding hydrogens is 262 g/mol. The normalized spacial score (nSPS) is 30.3. The summed E-state index contributed by atoms with van der Waals surface area (Å²) >= 11 is 1.75. The Morgan fingerprint density at radius 2 is 2.16 bits per heavy atom. The first-order valence-corrected chi connectivity index (χ1v) is 8.17. The molecule has 1 heterocycles. The lowest BCUT2D eigenvalue weighted by atomic mass is 9.81. The molecule has 2 rings (SSSR count). The first-order chi connectivity index (χ1) is 8.92. The minimum atomic E-state index is -0.809. The van der Waals surface area contributed by atoms with E-state index in [1.807, 2.05) is 4.90 Å². The van der Waals surface area contributed by atoms with Crippen LogP contribution < -0.4 is 0 Å². The molecule has 5 heteroatoms. The second-order valence-electron chi connectivity index (χ2n) is 6.29. The Kier molecular flexibility index (Phi) is 4.43. The average molecular weight is 285 g/mol. The van der Waals surface area contributed by atoms with E-state index in [4.69, 9.17) is 5.11 Å². The fourth-order valence-electron chi connectivity index (χ4n) is 3.30. The fraction of sp³-hybridized carbons (Fsp3) is 0.857. The lowest BCUT2D eigenvalue weighted by Crippen LogP contribution is -2.50. The summed E-state index contributed by atoms with van der Waals surface area (Å²) in [4.78, 5) is 25.5. The minimum absolute atomic E-state index is 0.0649. The van der Waals surface area contributed by atoms with Crippen LogP contribution >= 0.6 is 11.8 Å². The number of aliphatic carboxylic acids is 1. The zero-order valence-electron chi connectivity index (χ0n) is 11.7. The number of carbonyl (C=O) groups is 2. The molecule has 0 bridgehead atoms. The third-order valence-corrected chi connectivity index (χ3v) is 5.57. The van der Waals surface area contributed by atoms with Gasteiger partial charge in [0.2, 0.25) is 5.91 Å². The van der Waals surface area contributed by atoms with E-state index in [2.05, 4.69) is 13.8 Å². The summed E-state index contributed by atoms with van der Waals surface area (Å²) in [5.41, 5.74) is 0.0649. The summed E-state index contributed by atoms with van der Waals surface area (Å²) in [5.74, 6) is 1.14. The third kappa shape index (κ3) is 3.25. The van der Waals surface area contributed by atoms with Crippen LogP contribution in [0.15, 0.2) is 0 Å². The van der Waals surface area contributed by atoms with E-state index in [0.717, 1.165) is 30.8 Å². The molecule has 0 spiro atoms. The number of carboxylic acid groups (broad SMARTS) is 1. The highest BCUT2D eigenvalue weighted by atomic mass is 32.2. The van der Waals surface area contributed by atoms with Crippen LogP contribution in [0, 0.1) is 11.3 Å². The maximum atomic E-state index is 12.7. The van der Waals surface area contributed by atoms with Crippen LogP contribution in [0.2, 0.25) is 0 Å². The summed E-state index contributed by atoms with van der Waals surface area (Å²) in [7, 11) is 0. The van der Waals surface area contributed by atoms with Crippen molar-refractivity contribution in [2.24, 2.45) is 11.3 Å². The highest BCUT2D eigenvalue weighted by Gasteiger charge is 2.43. The van der Waals surface area contributed by atoms with Gasteiger partial charge in [0.25, 0.3) is 0 Å². The molecule has 19 heavy (non-hydrogen) atoms. The molecule has 0 aromatic heterocycles. The highest BCUT2D eigenvalue weighted by Crippen LogP contribution is 2.44. The van der Waals surface area contributed by atoms with Crippen LogP contribution in [0.4, 0.5) is 0 Å². The van der Waals surface area contributed by atoms with Gasteiger partial charge in [-0.3, -0.25) is 9.59 Å². The second-order valence-corrected chi connectivity index (χ2v) is 7.44. The largest absolute Gasteiger partial charge is 0.481 e. The van der Waals surface area contributed by atoms with Gasteiger partial charge in [-0.15, -0.1) is 0 Å². The molecule has 1 aliphatic heterocycles. The summed E-state index contributed by atoms with van der Waals surface area (Å²) in [6.45, 7) is 5.02. The number of nitrogens with zero attached hydrogens (tertiary/aromatic N) is 1. The van der Waals surface area contributed by atoms with Crippen LogP contribution in [-0.2, 0) is 9.59 Å². The number of carbonyl (C=O) groups excluding carboxylic acids is 1. The van der Waals surface area contributed by atoms with E-state index >= 15 is 0 Å². The van der Waals surface area contributed by atoms with E-state index in [0.29, 0.717) is 6.54 Å². The predicted molar refractivity (Wildman–Crippen MR) is 76.2 cm³/mol. The zero-order valence-corrected chi connectivity index (χ0v) is 12.5. The molecule has 1 aliphatic carbocycles. The van der Waals surface area contributed by atoms with Crippen molar-refractivity contribution in [2.75, 3.05) is 18.1 Å². The van der Waals surface area contributed by atoms with Gasteiger partial charge < -0.3 is 10.0 Å². The van der Waals surface area contributed by atoms with Crippen molar-refractivity contribution < 1.29 is 14.7 Å². The number of hydrogen-bond donors (Lipinski definition) is 1. The van der Waals surface area contributed by atoms with E-state index in [1.54, 1.807) is 11.8 Å². The van der Waals surface area contributed by atoms with Crippen molar-refractivity contribution in [1.29, 1.82) is 0 Å². The molecule has 1 N–H and O–H groups in total. The lowest BCUT2D eigenvalue weighted by molar-refractivity contribution is -0.143. The van der Waals surface area contributed by atoms with Gasteiger partial charge in [-0.2, -0.15) is 11.8 Å². The molecule has 0 aromatic rings. The van der Waals surface area contributed by atoms with E-state index in [-0.39, 0.29) is 29.7 Å². The lowest BCUT2D eigenvalue weighted by Gasteiger charge is -2.39. The molecule has 2 atom stereocenters. The van der Waals surface area contributed by atoms with Crippen LogP contribution in [0.3, 0.4) is 0 Å². The molecule has 0 radical (unpaired) electrons. The predicted octanol–water partition coefficient (Wildman–Crippen LogP) is 2.23. The van der Waals surface area contributed by atoms with Gasteiger partial charge in [0, 0.05) is 24.0 Å². The monoisotopic (exact) mass is 285 g/mol. The molecule has 108 valence electrons. The molecule has 2 fully saturated rings. The van der Waals surface area contributed by atoms with Gasteiger partial charge in [-0.25, -0.2) is 0 Å². The van der Waals surface area contributed by atoms with Crippen LogP contribution in [0.1, 0.15) is 39.5 Å². The summed E-state index contributed by atoms with van der Waals surface area (Å²) in [6, 6.07) is -0.125. The second kappa shape index (κ2) is 5.73. The van der Waals surface area contributed by atoms with E-state index < -0.39 is 5.97 Å². The first kappa shape index (κ1) is 14.7. The number of hydrogen-bond acceptors (Lipinski definition) is 3. The van der Waals surface area contributed by atoms with E-state index in [9.17, 15) is 9.59 Å². The number of amides is 1. The zero-order chi connectivity index (χ0) is 14.0. The third-order valence-electron chi connectivity index (χ3n) is 4.48. The topological polar surface area (TPSA) is 57.6 Å². The Morgan fingerprint density at radius 1 is 1.42 bits per heavy atom. The molecule has 2 aliphatic rings. The Hall–Kier alpha value is -0.710. The Balaban J connectivity index is 2.09. The summed E-state index contributed by atoms with van der Waals surface area (Å²) < 4.78 is 0. The molecule has 1 amide bonds. The highest BCUT2D eigenvalue weighted by molar-refractivity contribution is 7.99. The molecular formula is C14H23NO3S. The van der Waals surface area contributed by atoms with Gasteiger partial charge in [0.15, 0.2) is 0 Å². The maximum Gasteiger partial charge on any atom is 0.305 e. The summed E-state index contributed by atoms with van der Waals surface area (Å²) in [5, 5.41) is 8.99. The van der Waals surface area contributed by atoms with Crippen LogP contribution in [0.5, 0.6) is 0 Å². The van der Waals surface area contributed by atoms with Crippen LogP contribution in [-0.4, -0.2) is 46.0 Å². The quantitative estimate of drug-likeness (QED) is 0.864. The van der Waals surface area contributed by atoms with Crippen molar-refractivity contribution in [3.05, 3.63) is 0 Å². The smallest absolute Gasteiger partial charge is 0.305 e. The standard InChI is InChI=1S/C14H23NO3S/c1-14(2)5-3-4-11(14)13(18)15-6-7-19-9-10(15)8-12(16)17/h10-11H,3-9H2,1-2H3,(H,16,17). The van der Waals surface area contributed by atoms with Crippen molar-refractivity contribution in [2.45, 2.75) is 45.6 Å². The van der Waals surface area contributed by atoms with Gasteiger partial charge in [-0.05, 0) is 18.3 Å². The maximum absolute atomic E-state index is 12.7. The molecule has 1 saturated carbocycles. The number of carboxylic acids is 1. The number of rotatable bonds is 3. The molecule has 4 nitrogen and oxygen atoms in total. The minimum Gasteiger partial charge on any atom is -0.481 e. The van der Waals surface area contributed by atoms with Gasteiger partial charge in [0.1, 0.15) is 0 Å². The van der Waals surface area contributed by atoms with Crippen LogP contribution in [0.25, 0.3) is 0 Å². The van der Waals surface area contributed by atoms with Gasteiger partial charge in [0.05, 0.1) is 12.5 Å². The van der Waals surface area contributed by atoms with Gasteiger partial charge in [-0.1, -0.05) is 20.3 Å². The van der Waals surface area contributed by atoms with Crippen molar-refractivity contribution >= 4 is 23.6 Å². The van der Waals surface area contributed by atoms with Gasteiger partial charge >= 0.3 is 5.97 Å². The SMILES string of the molecule is CC1(C)CCCC1C(=O)N1CCSCC1CC(=O)O. The van der Waals surface area contributed by atoms with Crippen molar-refractivity contribution in [1.82, 2.24) is 4.90 Å². The Morgan fingerprint density at radius 3 is 2.74 bits per heavy atom. The fourth-order valence-corrected chi connectivity index (χ4v) is 4.36.